The normalized spacial score (nSPS) is 10.6. The fraction of sp³-hybridized carbons (Fsp3) is 0.188. The van der Waals surface area contributed by atoms with Gasteiger partial charge in [0, 0.05) is 5.69 Å². The zero-order chi connectivity index (χ0) is 14.7. The van der Waals surface area contributed by atoms with Gasteiger partial charge in [0.1, 0.15) is 5.82 Å². The summed E-state index contributed by atoms with van der Waals surface area (Å²) in [7, 11) is 0. The Morgan fingerprint density at radius 3 is 2.60 bits per heavy atom. The first-order chi connectivity index (χ1) is 9.49. The van der Waals surface area contributed by atoms with Crippen molar-refractivity contribution in [2.24, 2.45) is 0 Å². The number of carbonyl (C=O) groups excluding carboxylic acids is 1. The maximum absolute atomic E-state index is 13.3. The van der Waals surface area contributed by atoms with E-state index in [0.29, 0.717) is 11.6 Å². The molecule has 0 aromatic heterocycles. The van der Waals surface area contributed by atoms with Crippen molar-refractivity contribution in [1.29, 1.82) is 0 Å². The molecule has 20 heavy (non-hydrogen) atoms. The highest BCUT2D eigenvalue weighted by Crippen LogP contribution is 2.21. The SMILES string of the molecule is CC(C)c1cccc(NC(=O)c2cccc(F)c2N)c1. The van der Waals surface area contributed by atoms with Crippen LogP contribution in [0.2, 0.25) is 0 Å². The summed E-state index contributed by atoms with van der Waals surface area (Å²) in [6.07, 6.45) is 0. The molecule has 0 bridgehead atoms. The molecular formula is C16H17FN2O. The van der Waals surface area contributed by atoms with Gasteiger partial charge in [-0.05, 0) is 35.7 Å². The van der Waals surface area contributed by atoms with Crippen molar-refractivity contribution >= 4 is 17.3 Å². The number of anilines is 2. The maximum Gasteiger partial charge on any atom is 0.257 e. The molecular weight excluding hydrogens is 255 g/mol. The molecule has 0 saturated carbocycles. The summed E-state index contributed by atoms with van der Waals surface area (Å²) < 4.78 is 13.3. The van der Waals surface area contributed by atoms with E-state index in [4.69, 9.17) is 5.73 Å². The maximum atomic E-state index is 13.3. The molecule has 3 N–H and O–H groups in total. The molecule has 0 fully saturated rings. The van der Waals surface area contributed by atoms with Gasteiger partial charge < -0.3 is 11.1 Å². The minimum Gasteiger partial charge on any atom is -0.396 e. The molecule has 2 aromatic rings. The van der Waals surface area contributed by atoms with Crippen molar-refractivity contribution in [3.63, 3.8) is 0 Å². The highest BCUT2D eigenvalue weighted by molar-refractivity contribution is 6.07. The third-order valence-corrected chi connectivity index (χ3v) is 3.11. The van der Waals surface area contributed by atoms with Crippen molar-refractivity contribution in [2.75, 3.05) is 11.1 Å². The molecule has 0 radical (unpaired) electrons. The monoisotopic (exact) mass is 272 g/mol. The van der Waals surface area contributed by atoms with Crippen LogP contribution in [-0.2, 0) is 0 Å². The molecule has 3 nitrogen and oxygen atoms in total. The van der Waals surface area contributed by atoms with Gasteiger partial charge in [-0.3, -0.25) is 4.79 Å². The number of nitrogen functional groups attached to an aromatic ring is 1. The van der Waals surface area contributed by atoms with Crippen molar-refractivity contribution in [3.05, 3.63) is 59.4 Å². The van der Waals surface area contributed by atoms with Gasteiger partial charge in [-0.1, -0.05) is 32.0 Å². The van der Waals surface area contributed by atoms with E-state index in [1.165, 1.54) is 18.2 Å². The molecule has 0 aliphatic heterocycles. The van der Waals surface area contributed by atoms with Crippen LogP contribution in [0.1, 0.15) is 35.7 Å². The Morgan fingerprint density at radius 1 is 1.20 bits per heavy atom. The van der Waals surface area contributed by atoms with Gasteiger partial charge in [-0.25, -0.2) is 4.39 Å². The van der Waals surface area contributed by atoms with Gasteiger partial charge in [0.25, 0.3) is 5.91 Å². The standard InChI is InChI=1S/C16H17FN2O/c1-10(2)11-5-3-6-12(9-11)19-16(20)13-7-4-8-14(17)15(13)18/h3-10H,18H2,1-2H3,(H,19,20). The van der Waals surface area contributed by atoms with Gasteiger partial charge in [-0.2, -0.15) is 0 Å². The number of amides is 1. The first kappa shape index (κ1) is 14.1. The summed E-state index contributed by atoms with van der Waals surface area (Å²) in [5, 5.41) is 2.74. The molecule has 4 heteroatoms. The molecule has 0 unspecified atom stereocenters. The van der Waals surface area contributed by atoms with E-state index in [9.17, 15) is 9.18 Å². The number of para-hydroxylation sites is 1. The molecule has 0 heterocycles. The lowest BCUT2D eigenvalue weighted by molar-refractivity contribution is 0.102. The molecule has 0 spiro atoms. The first-order valence-electron chi connectivity index (χ1n) is 6.44. The van der Waals surface area contributed by atoms with Crippen molar-refractivity contribution in [1.82, 2.24) is 0 Å². The second-order valence-electron chi connectivity index (χ2n) is 4.94. The topological polar surface area (TPSA) is 55.1 Å². The Labute approximate surface area is 117 Å². The van der Waals surface area contributed by atoms with Crippen LogP contribution in [0.4, 0.5) is 15.8 Å². The Balaban J connectivity index is 2.24. The van der Waals surface area contributed by atoms with Crippen LogP contribution in [0.15, 0.2) is 42.5 Å². The third kappa shape index (κ3) is 2.96. The number of carbonyl (C=O) groups is 1. The number of nitrogens with two attached hydrogens (primary N) is 1. The average molecular weight is 272 g/mol. The van der Waals surface area contributed by atoms with Crippen LogP contribution in [-0.4, -0.2) is 5.91 Å². The van der Waals surface area contributed by atoms with E-state index in [1.54, 1.807) is 6.07 Å². The van der Waals surface area contributed by atoms with E-state index < -0.39 is 11.7 Å². The van der Waals surface area contributed by atoms with E-state index in [-0.39, 0.29) is 11.3 Å². The Morgan fingerprint density at radius 2 is 1.90 bits per heavy atom. The minimum atomic E-state index is -0.589. The summed E-state index contributed by atoms with van der Waals surface area (Å²) in [4.78, 5) is 12.1. The lowest BCUT2D eigenvalue weighted by atomic mass is 10.0. The number of hydrogen-bond donors (Lipinski definition) is 2. The van der Waals surface area contributed by atoms with Crippen LogP contribution < -0.4 is 11.1 Å². The third-order valence-electron chi connectivity index (χ3n) is 3.11. The minimum absolute atomic E-state index is 0.134. The number of halogens is 1. The lowest BCUT2D eigenvalue weighted by Crippen LogP contribution is -2.15. The van der Waals surface area contributed by atoms with Gasteiger partial charge >= 0.3 is 0 Å². The van der Waals surface area contributed by atoms with Crippen LogP contribution in [0, 0.1) is 5.82 Å². The van der Waals surface area contributed by atoms with Gasteiger partial charge in [0.2, 0.25) is 0 Å². The van der Waals surface area contributed by atoms with E-state index in [1.807, 2.05) is 18.2 Å². The summed E-state index contributed by atoms with van der Waals surface area (Å²) in [5.41, 5.74) is 7.38. The van der Waals surface area contributed by atoms with Gasteiger partial charge in [0.15, 0.2) is 0 Å². The number of benzene rings is 2. The summed E-state index contributed by atoms with van der Waals surface area (Å²) in [6.45, 7) is 4.15. The zero-order valence-electron chi connectivity index (χ0n) is 11.5. The predicted octanol–water partition coefficient (Wildman–Crippen LogP) is 3.78. The van der Waals surface area contributed by atoms with Crippen LogP contribution in [0.25, 0.3) is 0 Å². The van der Waals surface area contributed by atoms with Crippen molar-refractivity contribution in [3.8, 4) is 0 Å². The molecule has 0 aliphatic rings. The number of hydrogen-bond acceptors (Lipinski definition) is 2. The van der Waals surface area contributed by atoms with Crippen LogP contribution in [0.3, 0.4) is 0 Å². The number of nitrogens with one attached hydrogen (secondary N) is 1. The zero-order valence-corrected chi connectivity index (χ0v) is 11.5. The smallest absolute Gasteiger partial charge is 0.257 e. The van der Waals surface area contributed by atoms with Crippen LogP contribution >= 0.6 is 0 Å². The quantitative estimate of drug-likeness (QED) is 0.835. The second-order valence-corrected chi connectivity index (χ2v) is 4.94. The highest BCUT2D eigenvalue weighted by atomic mass is 19.1. The van der Waals surface area contributed by atoms with E-state index in [2.05, 4.69) is 19.2 Å². The summed E-state index contributed by atoms with van der Waals surface area (Å²) in [6, 6.07) is 11.8. The molecule has 0 atom stereocenters. The fourth-order valence-electron chi connectivity index (χ4n) is 1.91. The molecule has 0 aliphatic carbocycles. The largest absolute Gasteiger partial charge is 0.396 e. The van der Waals surface area contributed by atoms with Gasteiger partial charge in [-0.15, -0.1) is 0 Å². The predicted molar refractivity (Wildman–Crippen MR) is 79.3 cm³/mol. The average Bonchev–Trinajstić information content (AvgIpc) is 2.42. The molecule has 104 valence electrons. The second kappa shape index (κ2) is 5.74. The van der Waals surface area contributed by atoms with Crippen molar-refractivity contribution < 1.29 is 9.18 Å². The number of rotatable bonds is 3. The first-order valence-corrected chi connectivity index (χ1v) is 6.44. The molecule has 2 rings (SSSR count). The highest BCUT2D eigenvalue weighted by Gasteiger charge is 2.13. The summed E-state index contributed by atoms with van der Waals surface area (Å²) in [5.74, 6) is -0.637. The van der Waals surface area contributed by atoms with Crippen LogP contribution in [0.5, 0.6) is 0 Å². The van der Waals surface area contributed by atoms with E-state index >= 15 is 0 Å². The Bertz CT molecular complexity index is 638. The summed E-state index contributed by atoms with van der Waals surface area (Å²) >= 11 is 0. The Hall–Kier alpha value is -2.36. The fourth-order valence-corrected chi connectivity index (χ4v) is 1.91. The molecule has 0 saturated heterocycles. The van der Waals surface area contributed by atoms with Crippen molar-refractivity contribution in [2.45, 2.75) is 19.8 Å². The Kier molecular flexibility index (Phi) is 4.03. The molecule has 2 aromatic carbocycles. The molecule has 1 amide bonds. The van der Waals surface area contributed by atoms with Gasteiger partial charge in [0.05, 0.1) is 11.3 Å². The lowest BCUT2D eigenvalue weighted by Gasteiger charge is -2.10. The van der Waals surface area contributed by atoms with E-state index in [0.717, 1.165) is 5.56 Å².